The second-order valence-electron chi connectivity index (χ2n) is 5.64. The summed E-state index contributed by atoms with van der Waals surface area (Å²) in [7, 11) is 6.49. The van der Waals surface area contributed by atoms with Gasteiger partial charge < -0.3 is 18.9 Å². The second kappa shape index (κ2) is 6.93. The Kier molecular flexibility index (Phi) is 4.70. The van der Waals surface area contributed by atoms with Gasteiger partial charge in [0, 0.05) is 6.42 Å². The van der Waals surface area contributed by atoms with Crippen LogP contribution >= 0.6 is 0 Å². The van der Waals surface area contributed by atoms with Crippen molar-refractivity contribution in [2.24, 2.45) is 0 Å². The topological polar surface area (TPSA) is 54.2 Å². The molecule has 6 heteroatoms. The molecule has 0 spiro atoms. The molecule has 0 unspecified atom stereocenters. The molecule has 0 radical (unpaired) electrons. The van der Waals surface area contributed by atoms with Crippen molar-refractivity contribution in [3.8, 4) is 23.0 Å². The Labute approximate surface area is 146 Å². The Bertz CT molecular complexity index is 877. The number of rotatable bonds is 6. The lowest BCUT2D eigenvalue weighted by atomic mass is 10.1. The summed E-state index contributed by atoms with van der Waals surface area (Å²) in [5.74, 6) is 2.70. The molecular formula is C19H22N2O4. The van der Waals surface area contributed by atoms with Crippen LogP contribution in [0.4, 0.5) is 0 Å². The molecular weight excluding hydrogens is 320 g/mol. The minimum absolute atomic E-state index is 0.587. The third-order valence-corrected chi connectivity index (χ3v) is 4.31. The number of aromatic nitrogens is 2. The zero-order chi connectivity index (χ0) is 18.0. The van der Waals surface area contributed by atoms with Crippen molar-refractivity contribution in [1.82, 2.24) is 9.38 Å². The van der Waals surface area contributed by atoms with Crippen molar-refractivity contribution in [3.63, 3.8) is 0 Å². The maximum absolute atomic E-state index is 5.43. The molecule has 0 amide bonds. The summed E-state index contributed by atoms with van der Waals surface area (Å²) in [6, 6.07) is 7.88. The van der Waals surface area contributed by atoms with Crippen LogP contribution in [0.1, 0.15) is 17.0 Å². The van der Waals surface area contributed by atoms with E-state index in [0.29, 0.717) is 23.7 Å². The molecule has 25 heavy (non-hydrogen) atoms. The summed E-state index contributed by atoms with van der Waals surface area (Å²) in [5, 5.41) is 0. The number of hydrogen-bond acceptors (Lipinski definition) is 5. The minimum Gasteiger partial charge on any atom is -0.495 e. The highest BCUT2D eigenvalue weighted by molar-refractivity contribution is 5.59. The van der Waals surface area contributed by atoms with Gasteiger partial charge in [0.15, 0.2) is 11.5 Å². The first-order valence-corrected chi connectivity index (χ1v) is 7.91. The van der Waals surface area contributed by atoms with Gasteiger partial charge in [-0.15, -0.1) is 0 Å². The predicted octanol–water partition coefficient (Wildman–Crippen LogP) is 3.27. The van der Waals surface area contributed by atoms with Gasteiger partial charge in [0.25, 0.3) is 0 Å². The molecule has 0 N–H and O–H groups in total. The van der Waals surface area contributed by atoms with Crippen LogP contribution in [0, 0.1) is 6.92 Å². The number of ether oxygens (including phenoxy) is 4. The molecule has 1 aromatic carbocycles. The van der Waals surface area contributed by atoms with Gasteiger partial charge in [0.05, 0.1) is 51.7 Å². The van der Waals surface area contributed by atoms with Crippen molar-refractivity contribution in [2.75, 3.05) is 28.4 Å². The summed E-state index contributed by atoms with van der Waals surface area (Å²) in [5.41, 5.74) is 4.07. The summed E-state index contributed by atoms with van der Waals surface area (Å²) in [6.07, 6.45) is 2.47. The van der Waals surface area contributed by atoms with Gasteiger partial charge in [0.2, 0.25) is 5.75 Å². The van der Waals surface area contributed by atoms with Crippen molar-refractivity contribution < 1.29 is 18.9 Å². The van der Waals surface area contributed by atoms with Crippen molar-refractivity contribution in [2.45, 2.75) is 13.3 Å². The molecule has 3 aromatic rings. The van der Waals surface area contributed by atoms with Crippen LogP contribution in [0.3, 0.4) is 0 Å². The predicted molar refractivity (Wildman–Crippen MR) is 95.4 cm³/mol. The summed E-state index contributed by atoms with van der Waals surface area (Å²) in [6.45, 7) is 2.01. The van der Waals surface area contributed by atoms with E-state index in [2.05, 4.69) is 4.98 Å². The Hall–Kier alpha value is -2.89. The normalized spacial score (nSPS) is 10.8. The summed E-state index contributed by atoms with van der Waals surface area (Å²) >= 11 is 0. The molecule has 2 heterocycles. The van der Waals surface area contributed by atoms with Crippen LogP contribution in [0.15, 0.2) is 30.6 Å². The highest BCUT2D eigenvalue weighted by Gasteiger charge is 2.15. The van der Waals surface area contributed by atoms with E-state index < -0.39 is 0 Å². The first-order chi connectivity index (χ1) is 12.1. The zero-order valence-corrected chi connectivity index (χ0v) is 15.1. The lowest BCUT2D eigenvalue weighted by molar-refractivity contribution is 0.324. The van der Waals surface area contributed by atoms with E-state index in [1.165, 1.54) is 0 Å². The summed E-state index contributed by atoms with van der Waals surface area (Å²) in [4.78, 5) is 4.57. The first kappa shape index (κ1) is 17.0. The SMILES string of the molecule is COc1cc(Cc2ncn3c(C)c(OC)ccc23)cc(OC)c1OC. The van der Waals surface area contributed by atoms with Gasteiger partial charge in [-0.1, -0.05) is 0 Å². The number of aryl methyl sites for hydroxylation is 1. The molecule has 0 aliphatic carbocycles. The molecule has 0 bridgehead atoms. The third kappa shape index (κ3) is 2.95. The molecule has 132 valence electrons. The number of hydrogen-bond donors (Lipinski definition) is 0. The molecule has 0 saturated carbocycles. The lowest BCUT2D eigenvalue weighted by Crippen LogP contribution is -1.99. The number of fused-ring (bicyclic) bond motifs is 1. The van der Waals surface area contributed by atoms with Gasteiger partial charge in [-0.25, -0.2) is 4.98 Å². The maximum atomic E-state index is 5.43. The average molecular weight is 342 g/mol. The number of methoxy groups -OCH3 is 4. The monoisotopic (exact) mass is 342 g/mol. The summed E-state index contributed by atoms with van der Waals surface area (Å²) < 4.78 is 23.6. The van der Waals surface area contributed by atoms with E-state index >= 15 is 0 Å². The molecule has 0 fully saturated rings. The van der Waals surface area contributed by atoms with Gasteiger partial charge >= 0.3 is 0 Å². The van der Waals surface area contributed by atoms with Crippen LogP contribution in [0.5, 0.6) is 23.0 Å². The lowest BCUT2D eigenvalue weighted by Gasteiger charge is -2.14. The highest BCUT2D eigenvalue weighted by Crippen LogP contribution is 2.38. The van der Waals surface area contributed by atoms with E-state index in [-0.39, 0.29) is 0 Å². The standard InChI is InChI=1S/C19H22N2O4/c1-12-16(22-2)7-6-15-14(20-11-21(12)15)8-13-9-17(23-3)19(25-5)18(10-13)24-4/h6-7,9-11H,8H2,1-5H3. The minimum atomic E-state index is 0.587. The van der Waals surface area contributed by atoms with Crippen LogP contribution in [0.25, 0.3) is 5.52 Å². The number of nitrogens with zero attached hydrogens (tertiary/aromatic N) is 2. The third-order valence-electron chi connectivity index (χ3n) is 4.31. The van der Waals surface area contributed by atoms with Gasteiger partial charge in [-0.05, 0) is 36.8 Å². The van der Waals surface area contributed by atoms with Crippen LogP contribution < -0.4 is 18.9 Å². The molecule has 0 atom stereocenters. The van der Waals surface area contributed by atoms with E-state index in [1.54, 1.807) is 28.4 Å². The Morgan fingerprint density at radius 3 is 2.08 bits per heavy atom. The maximum Gasteiger partial charge on any atom is 0.203 e. The largest absolute Gasteiger partial charge is 0.495 e. The van der Waals surface area contributed by atoms with Gasteiger partial charge in [-0.2, -0.15) is 0 Å². The Morgan fingerprint density at radius 1 is 0.880 bits per heavy atom. The van der Waals surface area contributed by atoms with Gasteiger partial charge in [-0.3, -0.25) is 4.40 Å². The van der Waals surface area contributed by atoms with Gasteiger partial charge in [0.1, 0.15) is 5.75 Å². The highest BCUT2D eigenvalue weighted by atomic mass is 16.5. The quantitative estimate of drug-likeness (QED) is 0.688. The molecule has 2 aromatic heterocycles. The number of pyridine rings is 1. The fourth-order valence-corrected chi connectivity index (χ4v) is 3.02. The first-order valence-electron chi connectivity index (χ1n) is 7.91. The number of imidazole rings is 1. The van der Waals surface area contributed by atoms with E-state index in [1.807, 2.05) is 41.9 Å². The van der Waals surface area contributed by atoms with E-state index in [0.717, 1.165) is 28.2 Å². The van der Waals surface area contributed by atoms with Crippen molar-refractivity contribution in [1.29, 1.82) is 0 Å². The van der Waals surface area contributed by atoms with E-state index in [4.69, 9.17) is 18.9 Å². The fourth-order valence-electron chi connectivity index (χ4n) is 3.02. The zero-order valence-electron chi connectivity index (χ0n) is 15.1. The molecule has 0 saturated heterocycles. The van der Waals surface area contributed by atoms with Crippen LogP contribution in [0.2, 0.25) is 0 Å². The Morgan fingerprint density at radius 2 is 1.52 bits per heavy atom. The smallest absolute Gasteiger partial charge is 0.203 e. The second-order valence-corrected chi connectivity index (χ2v) is 5.64. The van der Waals surface area contributed by atoms with Crippen molar-refractivity contribution in [3.05, 3.63) is 47.5 Å². The molecule has 3 rings (SSSR count). The average Bonchev–Trinajstić information content (AvgIpc) is 3.04. The molecule has 0 aliphatic rings. The molecule has 0 aliphatic heterocycles. The Balaban J connectivity index is 2.03. The molecule has 6 nitrogen and oxygen atoms in total. The van der Waals surface area contributed by atoms with Crippen LogP contribution in [-0.4, -0.2) is 37.8 Å². The number of benzene rings is 1. The fraction of sp³-hybridized carbons (Fsp3) is 0.316. The van der Waals surface area contributed by atoms with E-state index in [9.17, 15) is 0 Å². The van der Waals surface area contributed by atoms with Crippen LogP contribution in [-0.2, 0) is 6.42 Å². The van der Waals surface area contributed by atoms with Crippen molar-refractivity contribution >= 4 is 5.52 Å².